The molecule has 1 fully saturated rings. The van der Waals surface area contributed by atoms with Crippen molar-refractivity contribution >= 4 is 56.7 Å². The molecule has 1 aliphatic heterocycles. The summed E-state index contributed by atoms with van der Waals surface area (Å²) in [4.78, 5) is 34.6. The van der Waals surface area contributed by atoms with Gasteiger partial charge in [0.25, 0.3) is 0 Å². The summed E-state index contributed by atoms with van der Waals surface area (Å²) in [5.74, 6) is 0.0385. The standard InChI is InChI=1S/C27H19BrF3N7O3S/c1-16-2-11-21(28)22(12-16)38-23(39)14-42-26(38)34-25(40)35-33-13-17-3-5-18(6-4-17)24-32-15-37(36-24)19-7-9-20(10-8-19)41-27(29,30)31/h2-13,15H,14H2,1H3,(H,35,40)/b33-13+,34-26?. The van der Waals surface area contributed by atoms with Gasteiger partial charge in [0.2, 0.25) is 5.91 Å². The van der Waals surface area contributed by atoms with Crippen LogP contribution in [0.3, 0.4) is 0 Å². The zero-order valence-corrected chi connectivity index (χ0v) is 23.9. The van der Waals surface area contributed by atoms with Crippen LogP contribution in [0.25, 0.3) is 17.1 Å². The van der Waals surface area contributed by atoms with Gasteiger partial charge in [0.1, 0.15) is 12.1 Å². The second-order valence-corrected chi connectivity index (χ2v) is 10.5. The highest BCUT2D eigenvalue weighted by Crippen LogP contribution is 2.33. The molecule has 1 N–H and O–H groups in total. The SMILES string of the molecule is Cc1ccc(Br)c(N2C(=O)CSC2=NC(=O)N/N=C/c2ccc(-c3ncn(-c4ccc(OC(F)(F)F)cc4)n3)cc2)c1. The monoisotopic (exact) mass is 657 g/mol. The van der Waals surface area contributed by atoms with Crippen molar-refractivity contribution in [2.75, 3.05) is 10.7 Å². The molecular formula is C27H19BrF3N7O3S. The van der Waals surface area contributed by atoms with Gasteiger partial charge in [-0.1, -0.05) is 42.1 Å². The van der Waals surface area contributed by atoms with Crippen molar-refractivity contribution < 1.29 is 27.5 Å². The number of ether oxygens (including phenoxy) is 1. The number of hydrogen-bond acceptors (Lipinski definition) is 7. The van der Waals surface area contributed by atoms with Gasteiger partial charge in [-0.3, -0.25) is 9.69 Å². The lowest BCUT2D eigenvalue weighted by molar-refractivity contribution is -0.274. The maximum atomic E-state index is 12.5. The lowest BCUT2D eigenvalue weighted by Crippen LogP contribution is -2.31. The summed E-state index contributed by atoms with van der Waals surface area (Å²) >= 11 is 4.61. The summed E-state index contributed by atoms with van der Waals surface area (Å²) in [6, 6.07) is 17.0. The molecule has 0 radical (unpaired) electrons. The van der Waals surface area contributed by atoms with Crippen LogP contribution in [-0.2, 0) is 4.79 Å². The number of nitrogens with zero attached hydrogens (tertiary/aromatic N) is 6. The van der Waals surface area contributed by atoms with Crippen LogP contribution < -0.4 is 15.1 Å². The summed E-state index contributed by atoms with van der Waals surface area (Å²) < 4.78 is 43.1. The van der Waals surface area contributed by atoms with Gasteiger partial charge in [0, 0.05) is 10.0 Å². The number of carbonyl (C=O) groups is 2. The number of thioether (sulfide) groups is 1. The van der Waals surface area contributed by atoms with E-state index in [1.54, 1.807) is 24.3 Å². The van der Waals surface area contributed by atoms with Crippen molar-refractivity contribution in [2.45, 2.75) is 13.3 Å². The number of alkyl halides is 3. The van der Waals surface area contributed by atoms with E-state index in [-0.39, 0.29) is 22.6 Å². The molecule has 2 heterocycles. The molecule has 5 rings (SSSR count). The molecule has 42 heavy (non-hydrogen) atoms. The molecule has 1 saturated heterocycles. The minimum atomic E-state index is -4.77. The van der Waals surface area contributed by atoms with Gasteiger partial charge >= 0.3 is 12.4 Å². The van der Waals surface area contributed by atoms with Crippen molar-refractivity contribution in [3.8, 4) is 22.8 Å². The van der Waals surface area contributed by atoms with E-state index < -0.39 is 12.4 Å². The molecule has 1 aromatic heterocycles. The van der Waals surface area contributed by atoms with E-state index >= 15 is 0 Å². The van der Waals surface area contributed by atoms with Crippen LogP contribution in [-0.4, -0.2) is 50.2 Å². The second-order valence-electron chi connectivity index (χ2n) is 8.72. The molecule has 3 aromatic carbocycles. The molecule has 214 valence electrons. The van der Waals surface area contributed by atoms with E-state index in [2.05, 4.69) is 46.3 Å². The molecule has 0 spiro atoms. The van der Waals surface area contributed by atoms with E-state index in [0.717, 1.165) is 17.3 Å². The molecule has 0 atom stereocenters. The average molecular weight is 658 g/mol. The third kappa shape index (κ3) is 7.03. The number of amides is 3. The Kier molecular flexibility index (Phi) is 8.40. The fourth-order valence-corrected chi connectivity index (χ4v) is 5.07. The summed E-state index contributed by atoms with van der Waals surface area (Å²) in [6.45, 7) is 1.90. The Bertz CT molecular complexity index is 1690. The summed E-state index contributed by atoms with van der Waals surface area (Å²) in [5.41, 5.74) is 5.75. The van der Waals surface area contributed by atoms with Crippen LogP contribution in [0.4, 0.5) is 23.7 Å². The number of halogens is 4. The number of benzene rings is 3. The molecule has 0 bridgehead atoms. The molecule has 1 aliphatic rings. The number of carbonyl (C=O) groups excluding carboxylic acids is 2. The number of anilines is 1. The number of aryl methyl sites for hydroxylation is 1. The third-order valence-electron chi connectivity index (χ3n) is 5.67. The highest BCUT2D eigenvalue weighted by Gasteiger charge is 2.32. The Morgan fingerprint density at radius 2 is 1.86 bits per heavy atom. The predicted molar refractivity (Wildman–Crippen MR) is 156 cm³/mol. The quantitative estimate of drug-likeness (QED) is 0.198. The first kappa shape index (κ1) is 29.0. The van der Waals surface area contributed by atoms with Gasteiger partial charge in [-0.05, 0) is 70.4 Å². The second kappa shape index (κ2) is 12.2. The van der Waals surface area contributed by atoms with Crippen molar-refractivity contribution in [2.24, 2.45) is 10.1 Å². The van der Waals surface area contributed by atoms with Crippen LogP contribution in [0.15, 0.2) is 87.6 Å². The Hall–Kier alpha value is -4.50. The lowest BCUT2D eigenvalue weighted by Gasteiger charge is -2.18. The van der Waals surface area contributed by atoms with Gasteiger partial charge in [-0.2, -0.15) is 10.1 Å². The normalized spacial score (nSPS) is 14.6. The number of nitrogens with one attached hydrogen (secondary N) is 1. The molecule has 3 amide bonds. The minimum absolute atomic E-state index is 0.165. The highest BCUT2D eigenvalue weighted by molar-refractivity contribution is 9.10. The molecule has 0 aliphatic carbocycles. The van der Waals surface area contributed by atoms with E-state index in [4.69, 9.17) is 0 Å². The molecular weight excluding hydrogens is 639 g/mol. The number of aliphatic imine (C=N–C) groups is 1. The summed E-state index contributed by atoms with van der Waals surface area (Å²) in [5, 5.41) is 8.56. The number of amidine groups is 1. The van der Waals surface area contributed by atoms with Gasteiger partial charge in [0.15, 0.2) is 11.0 Å². The first-order valence-electron chi connectivity index (χ1n) is 12.1. The maximum absolute atomic E-state index is 12.5. The fourth-order valence-electron chi connectivity index (χ4n) is 3.79. The van der Waals surface area contributed by atoms with Crippen LogP contribution in [0.1, 0.15) is 11.1 Å². The number of hydrazone groups is 1. The summed E-state index contributed by atoms with van der Waals surface area (Å²) in [6.07, 6.45) is -1.90. The van der Waals surface area contributed by atoms with Crippen molar-refractivity contribution in [1.82, 2.24) is 20.2 Å². The van der Waals surface area contributed by atoms with E-state index in [1.807, 2.05) is 25.1 Å². The van der Waals surface area contributed by atoms with Crippen molar-refractivity contribution in [3.63, 3.8) is 0 Å². The molecule has 15 heteroatoms. The van der Waals surface area contributed by atoms with E-state index in [1.165, 1.54) is 46.4 Å². The molecule has 0 saturated carbocycles. The first-order chi connectivity index (χ1) is 20.1. The Balaban J connectivity index is 1.20. The topological polar surface area (TPSA) is 114 Å². The van der Waals surface area contributed by atoms with Crippen LogP contribution >= 0.6 is 27.7 Å². The Labute approximate surface area is 249 Å². The van der Waals surface area contributed by atoms with Crippen LogP contribution in [0, 0.1) is 6.92 Å². The van der Waals surface area contributed by atoms with Gasteiger partial charge in [0.05, 0.1) is 23.3 Å². The number of rotatable bonds is 6. The number of hydrogen-bond donors (Lipinski definition) is 1. The third-order valence-corrected chi connectivity index (χ3v) is 7.27. The zero-order chi connectivity index (χ0) is 29.9. The van der Waals surface area contributed by atoms with Gasteiger partial charge in [-0.15, -0.1) is 18.3 Å². The minimum Gasteiger partial charge on any atom is -0.406 e. The van der Waals surface area contributed by atoms with Gasteiger partial charge < -0.3 is 4.74 Å². The Morgan fingerprint density at radius 1 is 1.12 bits per heavy atom. The highest BCUT2D eigenvalue weighted by atomic mass is 79.9. The fraction of sp³-hybridized carbons (Fsp3) is 0.111. The predicted octanol–water partition coefficient (Wildman–Crippen LogP) is 6.08. The van der Waals surface area contributed by atoms with E-state index in [9.17, 15) is 22.8 Å². The maximum Gasteiger partial charge on any atom is 0.573 e. The smallest absolute Gasteiger partial charge is 0.406 e. The Morgan fingerprint density at radius 3 is 2.57 bits per heavy atom. The van der Waals surface area contributed by atoms with Gasteiger partial charge in [-0.25, -0.2) is 19.9 Å². The largest absolute Gasteiger partial charge is 0.573 e. The molecule has 10 nitrogen and oxygen atoms in total. The lowest BCUT2D eigenvalue weighted by atomic mass is 10.1. The zero-order valence-electron chi connectivity index (χ0n) is 21.5. The molecule has 4 aromatic rings. The summed E-state index contributed by atoms with van der Waals surface area (Å²) in [7, 11) is 0. The van der Waals surface area contributed by atoms with Crippen LogP contribution in [0.2, 0.25) is 0 Å². The number of aromatic nitrogens is 3. The number of urea groups is 1. The van der Waals surface area contributed by atoms with Crippen molar-refractivity contribution in [1.29, 1.82) is 0 Å². The van der Waals surface area contributed by atoms with Crippen molar-refractivity contribution in [3.05, 3.63) is 88.7 Å². The first-order valence-corrected chi connectivity index (χ1v) is 13.9. The van der Waals surface area contributed by atoms with E-state index in [0.29, 0.717) is 32.8 Å². The molecule has 0 unspecified atom stereocenters. The average Bonchev–Trinajstić information content (AvgIpc) is 3.57. The van der Waals surface area contributed by atoms with Crippen LogP contribution in [0.5, 0.6) is 5.75 Å².